The van der Waals surface area contributed by atoms with Gasteiger partial charge in [-0.05, 0) is 40.8 Å². The van der Waals surface area contributed by atoms with Crippen molar-refractivity contribution in [2.24, 2.45) is 0 Å². The number of quaternary nitrogens is 1. The number of para-hydroxylation sites is 1. The number of rotatable bonds is 7. The third kappa shape index (κ3) is 4.27. The fraction of sp³-hybridized carbons (Fsp3) is 0.333. The third-order valence-electron chi connectivity index (χ3n) is 5.44. The van der Waals surface area contributed by atoms with Crippen molar-refractivity contribution in [3.63, 3.8) is 0 Å². The number of ether oxygens (including phenoxy) is 1. The number of aromatic nitrogens is 4. The van der Waals surface area contributed by atoms with Crippen LogP contribution >= 0.6 is 0 Å². The van der Waals surface area contributed by atoms with Crippen LogP contribution in [0.4, 0.5) is 0 Å². The predicted molar refractivity (Wildman–Crippen MR) is 107 cm³/mol. The van der Waals surface area contributed by atoms with Crippen molar-refractivity contribution in [3.8, 4) is 11.4 Å². The van der Waals surface area contributed by atoms with E-state index in [-0.39, 0.29) is 11.9 Å². The Morgan fingerprint density at radius 3 is 2.79 bits per heavy atom. The molecule has 0 radical (unpaired) electrons. The van der Waals surface area contributed by atoms with Crippen LogP contribution in [-0.2, 0) is 0 Å². The first-order valence-electron chi connectivity index (χ1n) is 9.85. The molecule has 1 atom stereocenters. The standard InChI is InChI=1S/C21H24N6O2/c1-29-20-10-3-2-9-18(20)19(26-11-4-5-12-26)14-22-21(28)16-7-6-8-17(13-16)27-15-23-24-25-27/h2-3,6-10,13,15,19H,4-5,11-12,14H2,1H3,(H,22,28)/p+1/t19-/m1/s1. The highest BCUT2D eigenvalue weighted by atomic mass is 16.5. The lowest BCUT2D eigenvalue weighted by molar-refractivity contribution is -0.918. The first-order valence-corrected chi connectivity index (χ1v) is 9.85. The Kier molecular flexibility index (Phi) is 5.81. The lowest BCUT2D eigenvalue weighted by Gasteiger charge is -2.26. The van der Waals surface area contributed by atoms with Gasteiger partial charge in [0.25, 0.3) is 5.91 Å². The maximum Gasteiger partial charge on any atom is 0.251 e. The summed E-state index contributed by atoms with van der Waals surface area (Å²) in [5.74, 6) is 0.755. The number of tetrazole rings is 1. The van der Waals surface area contributed by atoms with Crippen LogP contribution < -0.4 is 15.0 Å². The fourth-order valence-electron chi connectivity index (χ4n) is 3.97. The molecular formula is C21H25N6O2+. The quantitative estimate of drug-likeness (QED) is 0.621. The van der Waals surface area contributed by atoms with E-state index in [1.807, 2.05) is 30.3 Å². The second kappa shape index (κ2) is 8.83. The first kappa shape index (κ1) is 19.1. The SMILES string of the molecule is COc1ccccc1[C@@H](CNC(=O)c1cccc(-n2cnnn2)c1)[NH+]1CCCC1. The normalized spacial score (nSPS) is 15.2. The third-order valence-corrected chi connectivity index (χ3v) is 5.44. The number of nitrogens with zero attached hydrogens (tertiary/aromatic N) is 4. The first-order chi connectivity index (χ1) is 14.3. The highest BCUT2D eigenvalue weighted by Gasteiger charge is 2.30. The van der Waals surface area contributed by atoms with E-state index >= 15 is 0 Å². The highest BCUT2D eigenvalue weighted by Crippen LogP contribution is 2.23. The summed E-state index contributed by atoms with van der Waals surface area (Å²) >= 11 is 0. The number of carbonyl (C=O) groups is 1. The molecule has 3 aromatic rings. The van der Waals surface area contributed by atoms with E-state index < -0.39 is 0 Å². The summed E-state index contributed by atoms with van der Waals surface area (Å²) in [4.78, 5) is 14.3. The molecule has 1 aliphatic rings. The largest absolute Gasteiger partial charge is 0.496 e. The molecule has 2 heterocycles. The average molecular weight is 393 g/mol. The average Bonchev–Trinajstić information content (AvgIpc) is 3.49. The van der Waals surface area contributed by atoms with Gasteiger partial charge in [0.05, 0.1) is 38.0 Å². The lowest BCUT2D eigenvalue weighted by atomic mass is 10.0. The predicted octanol–water partition coefficient (Wildman–Crippen LogP) is 0.821. The lowest BCUT2D eigenvalue weighted by Crippen LogP contribution is -3.11. The van der Waals surface area contributed by atoms with Crippen LogP contribution in [0, 0.1) is 0 Å². The number of benzene rings is 2. The van der Waals surface area contributed by atoms with E-state index in [0.717, 1.165) is 30.1 Å². The Morgan fingerprint density at radius 1 is 1.21 bits per heavy atom. The molecule has 1 saturated heterocycles. The molecule has 1 aromatic heterocycles. The van der Waals surface area contributed by atoms with Crippen LogP contribution in [0.3, 0.4) is 0 Å². The molecular weight excluding hydrogens is 368 g/mol. The van der Waals surface area contributed by atoms with E-state index in [1.54, 1.807) is 19.2 Å². The number of likely N-dealkylation sites (tertiary alicyclic amines) is 1. The monoisotopic (exact) mass is 393 g/mol. The number of amides is 1. The van der Waals surface area contributed by atoms with Crippen molar-refractivity contribution in [2.75, 3.05) is 26.7 Å². The minimum Gasteiger partial charge on any atom is -0.496 e. The number of hydrogen-bond donors (Lipinski definition) is 2. The van der Waals surface area contributed by atoms with Crippen molar-refractivity contribution in [1.29, 1.82) is 0 Å². The topological polar surface area (TPSA) is 86.4 Å². The Hall–Kier alpha value is -3.26. The molecule has 8 nitrogen and oxygen atoms in total. The zero-order valence-electron chi connectivity index (χ0n) is 16.4. The summed E-state index contributed by atoms with van der Waals surface area (Å²) in [7, 11) is 1.69. The number of hydrogen-bond acceptors (Lipinski definition) is 5. The van der Waals surface area contributed by atoms with Crippen molar-refractivity contribution in [2.45, 2.75) is 18.9 Å². The zero-order valence-corrected chi connectivity index (χ0v) is 16.4. The van der Waals surface area contributed by atoms with E-state index in [0.29, 0.717) is 12.1 Å². The van der Waals surface area contributed by atoms with Gasteiger partial charge >= 0.3 is 0 Å². The second-order valence-corrected chi connectivity index (χ2v) is 7.17. The van der Waals surface area contributed by atoms with Gasteiger partial charge in [-0.2, -0.15) is 0 Å². The fourth-order valence-corrected chi connectivity index (χ4v) is 3.97. The molecule has 0 aliphatic carbocycles. The van der Waals surface area contributed by atoms with E-state index in [4.69, 9.17) is 4.74 Å². The molecule has 0 saturated carbocycles. The molecule has 2 aromatic carbocycles. The van der Waals surface area contributed by atoms with E-state index in [1.165, 1.54) is 28.8 Å². The minimum absolute atomic E-state index is 0.113. The van der Waals surface area contributed by atoms with Crippen molar-refractivity contribution < 1.29 is 14.4 Å². The Bertz CT molecular complexity index is 953. The van der Waals surface area contributed by atoms with Gasteiger partial charge in [0.1, 0.15) is 18.1 Å². The van der Waals surface area contributed by atoms with E-state index in [9.17, 15) is 4.79 Å². The van der Waals surface area contributed by atoms with Crippen LogP contribution in [-0.4, -0.2) is 52.9 Å². The molecule has 1 aliphatic heterocycles. The van der Waals surface area contributed by atoms with Crippen LogP contribution in [0.2, 0.25) is 0 Å². The van der Waals surface area contributed by atoms with Gasteiger partial charge in [-0.3, -0.25) is 4.79 Å². The minimum atomic E-state index is -0.113. The van der Waals surface area contributed by atoms with E-state index in [2.05, 4.69) is 26.9 Å². The molecule has 1 amide bonds. The highest BCUT2D eigenvalue weighted by molar-refractivity contribution is 5.94. The zero-order chi connectivity index (χ0) is 20.1. The summed E-state index contributed by atoms with van der Waals surface area (Å²) in [6.07, 6.45) is 3.93. The maximum atomic E-state index is 12.9. The summed E-state index contributed by atoms with van der Waals surface area (Å²) in [6, 6.07) is 15.5. The molecule has 4 rings (SSSR count). The smallest absolute Gasteiger partial charge is 0.251 e. The summed E-state index contributed by atoms with van der Waals surface area (Å²) in [6.45, 7) is 2.75. The number of methoxy groups -OCH3 is 1. The Balaban J connectivity index is 1.51. The molecule has 2 N–H and O–H groups in total. The molecule has 1 fully saturated rings. The van der Waals surface area contributed by atoms with Gasteiger partial charge in [-0.25, -0.2) is 4.68 Å². The molecule has 8 heteroatoms. The summed E-state index contributed by atoms with van der Waals surface area (Å²) < 4.78 is 7.12. The van der Waals surface area contributed by atoms with Gasteiger partial charge in [-0.1, -0.05) is 18.2 Å². The Morgan fingerprint density at radius 2 is 2.03 bits per heavy atom. The van der Waals surface area contributed by atoms with Crippen LogP contribution in [0.5, 0.6) is 5.75 Å². The molecule has 150 valence electrons. The summed E-state index contributed by atoms with van der Waals surface area (Å²) in [5.41, 5.74) is 2.46. The molecule has 0 spiro atoms. The molecule has 29 heavy (non-hydrogen) atoms. The molecule has 0 unspecified atom stereocenters. The van der Waals surface area contributed by atoms with Crippen LogP contribution in [0.15, 0.2) is 54.9 Å². The van der Waals surface area contributed by atoms with Gasteiger partial charge in [-0.15, -0.1) is 5.10 Å². The van der Waals surface area contributed by atoms with Gasteiger partial charge in [0.15, 0.2) is 0 Å². The summed E-state index contributed by atoms with van der Waals surface area (Å²) in [5, 5.41) is 14.3. The van der Waals surface area contributed by atoms with Crippen LogP contribution in [0.25, 0.3) is 5.69 Å². The van der Waals surface area contributed by atoms with Gasteiger partial charge < -0.3 is 15.0 Å². The van der Waals surface area contributed by atoms with Crippen molar-refractivity contribution in [1.82, 2.24) is 25.5 Å². The van der Waals surface area contributed by atoms with Crippen molar-refractivity contribution in [3.05, 3.63) is 66.0 Å². The Labute approximate surface area is 169 Å². The number of carbonyl (C=O) groups excluding carboxylic acids is 1. The maximum absolute atomic E-state index is 12.9. The van der Waals surface area contributed by atoms with Gasteiger partial charge in [0.2, 0.25) is 0 Å². The molecule has 0 bridgehead atoms. The second-order valence-electron chi connectivity index (χ2n) is 7.17. The van der Waals surface area contributed by atoms with Gasteiger partial charge in [0, 0.05) is 18.4 Å². The van der Waals surface area contributed by atoms with Crippen LogP contribution in [0.1, 0.15) is 34.8 Å². The van der Waals surface area contributed by atoms with Crippen molar-refractivity contribution >= 4 is 5.91 Å². The number of nitrogens with one attached hydrogen (secondary N) is 2.